The Labute approximate surface area is 401 Å². The molecule has 0 unspecified atom stereocenters. The van der Waals surface area contributed by atoms with Crippen LogP contribution in [-0.4, -0.2) is 6.71 Å². The predicted molar refractivity (Wildman–Crippen MR) is 291 cm³/mol. The fraction of sp³-hybridized carbons (Fsp3) is 0.250. The molecule has 0 amide bonds. The zero-order valence-corrected chi connectivity index (χ0v) is 41.7. The Balaban J connectivity index is 1.33. The first-order valence-electron chi connectivity index (χ1n) is 24.3. The lowest BCUT2D eigenvalue weighted by Crippen LogP contribution is -2.61. The molecule has 0 bridgehead atoms. The minimum Gasteiger partial charge on any atom is -0.311 e. The average molecular weight is 873 g/mol. The standard InChI is InChI=1S/C64H65BN2/c1-42-36-58-60-59(37-42)67(55-34-30-47(62(5,6)7)39-51(55)44-24-18-14-19-25-44)57-41-49(64(11,12)45-26-20-15-21-27-45)28-32-52(57)65(60)53-40-48(63(8,9)10)31-35-56(53)66(58)54-33-29-46(61(2,3)4)38-50(54)43-22-16-13-17-23-43/h13-41H,1-12H3. The summed E-state index contributed by atoms with van der Waals surface area (Å²) in [6, 6.07) is 67.2. The monoisotopic (exact) mass is 873 g/mol. The highest BCUT2D eigenvalue weighted by atomic mass is 15.2. The summed E-state index contributed by atoms with van der Waals surface area (Å²) in [6.45, 7) is 28.0. The zero-order valence-electron chi connectivity index (χ0n) is 41.7. The second kappa shape index (κ2) is 16.0. The van der Waals surface area contributed by atoms with Gasteiger partial charge in [-0.05, 0) is 133 Å². The second-order valence-electron chi connectivity index (χ2n) is 22.8. The number of nitrogens with zero attached hydrogens (tertiary/aromatic N) is 2. The van der Waals surface area contributed by atoms with Crippen molar-refractivity contribution in [1.82, 2.24) is 0 Å². The topological polar surface area (TPSA) is 6.48 Å². The molecule has 0 radical (unpaired) electrons. The van der Waals surface area contributed by atoms with E-state index in [0.717, 1.165) is 0 Å². The summed E-state index contributed by atoms with van der Waals surface area (Å²) in [7, 11) is 0. The molecule has 0 atom stereocenters. The van der Waals surface area contributed by atoms with Crippen molar-refractivity contribution in [2.75, 3.05) is 9.80 Å². The molecule has 3 heteroatoms. The fourth-order valence-corrected chi connectivity index (χ4v) is 10.6. The van der Waals surface area contributed by atoms with Crippen LogP contribution >= 0.6 is 0 Å². The van der Waals surface area contributed by atoms with Crippen LogP contribution in [0, 0.1) is 6.92 Å². The Kier molecular flexibility index (Phi) is 10.6. The van der Waals surface area contributed by atoms with Gasteiger partial charge in [-0.3, -0.25) is 0 Å². The number of hydrogen-bond acceptors (Lipinski definition) is 2. The Hall–Kier alpha value is -6.58. The molecule has 0 aromatic heterocycles. The molecule has 0 aliphatic carbocycles. The van der Waals surface area contributed by atoms with Gasteiger partial charge in [0.2, 0.25) is 0 Å². The predicted octanol–water partition coefficient (Wildman–Crippen LogP) is 15.6. The summed E-state index contributed by atoms with van der Waals surface area (Å²) in [5.41, 5.74) is 23.6. The van der Waals surface area contributed by atoms with Gasteiger partial charge in [-0.1, -0.05) is 204 Å². The fourth-order valence-electron chi connectivity index (χ4n) is 10.6. The molecule has 0 spiro atoms. The van der Waals surface area contributed by atoms with E-state index in [-0.39, 0.29) is 28.4 Å². The quantitative estimate of drug-likeness (QED) is 0.154. The van der Waals surface area contributed by atoms with Gasteiger partial charge in [0, 0.05) is 39.3 Å². The SMILES string of the molecule is Cc1cc2c3c(c1)N(c1ccc(C(C)(C)C)cc1-c1ccccc1)c1cc(C(C)(C)c4ccccc4)ccc1B3c1cc(C(C)(C)C)ccc1N2c1ccc(C(C)(C)C)cc1-c1ccccc1. The van der Waals surface area contributed by atoms with Gasteiger partial charge >= 0.3 is 0 Å². The van der Waals surface area contributed by atoms with Crippen molar-refractivity contribution in [3.8, 4) is 22.3 Å². The third-order valence-electron chi connectivity index (χ3n) is 14.7. The molecule has 10 rings (SSSR count). The van der Waals surface area contributed by atoms with Crippen molar-refractivity contribution in [3.63, 3.8) is 0 Å². The van der Waals surface area contributed by atoms with E-state index in [4.69, 9.17) is 0 Å². The second-order valence-corrected chi connectivity index (χ2v) is 22.8. The van der Waals surface area contributed by atoms with Crippen molar-refractivity contribution >= 4 is 57.2 Å². The third kappa shape index (κ3) is 7.71. The van der Waals surface area contributed by atoms with E-state index >= 15 is 0 Å². The van der Waals surface area contributed by atoms with Crippen molar-refractivity contribution in [2.24, 2.45) is 0 Å². The van der Waals surface area contributed by atoms with Crippen LogP contribution in [0.25, 0.3) is 22.3 Å². The smallest absolute Gasteiger partial charge is 0.252 e. The maximum Gasteiger partial charge on any atom is 0.252 e. The lowest BCUT2D eigenvalue weighted by atomic mass is 9.33. The van der Waals surface area contributed by atoms with Gasteiger partial charge in [0.05, 0.1) is 11.4 Å². The zero-order chi connectivity index (χ0) is 47.2. The van der Waals surface area contributed by atoms with E-state index in [1.54, 1.807) is 0 Å². The van der Waals surface area contributed by atoms with Crippen molar-refractivity contribution in [1.29, 1.82) is 0 Å². The lowest BCUT2D eigenvalue weighted by Gasteiger charge is -2.46. The molecule has 2 aliphatic heterocycles. The molecule has 0 N–H and O–H groups in total. The van der Waals surface area contributed by atoms with Crippen LogP contribution in [-0.2, 0) is 21.7 Å². The van der Waals surface area contributed by atoms with E-state index in [1.165, 1.54) is 106 Å². The lowest BCUT2D eigenvalue weighted by molar-refractivity contribution is 0.590. The minimum absolute atomic E-state index is 0.0117. The average Bonchev–Trinajstić information content (AvgIpc) is 3.30. The molecule has 0 saturated carbocycles. The number of anilines is 6. The number of hydrogen-bond donors (Lipinski definition) is 0. The summed E-state index contributed by atoms with van der Waals surface area (Å²) in [5.74, 6) is 0. The first-order valence-corrected chi connectivity index (χ1v) is 24.3. The molecule has 2 nitrogen and oxygen atoms in total. The van der Waals surface area contributed by atoms with E-state index in [9.17, 15) is 0 Å². The highest BCUT2D eigenvalue weighted by molar-refractivity contribution is 7.00. The Bertz CT molecular complexity index is 3160. The summed E-state index contributed by atoms with van der Waals surface area (Å²) in [5, 5.41) is 0. The molecule has 8 aromatic carbocycles. The van der Waals surface area contributed by atoms with Crippen LogP contribution in [0.15, 0.2) is 176 Å². The molecule has 2 aliphatic rings. The van der Waals surface area contributed by atoms with Crippen LogP contribution in [0.3, 0.4) is 0 Å². The van der Waals surface area contributed by atoms with Crippen LogP contribution in [0.2, 0.25) is 0 Å². The van der Waals surface area contributed by atoms with Gasteiger partial charge in [-0.2, -0.15) is 0 Å². The molecule has 2 heterocycles. The summed E-state index contributed by atoms with van der Waals surface area (Å²) < 4.78 is 0. The highest BCUT2D eigenvalue weighted by Gasteiger charge is 2.45. The molecule has 8 aromatic rings. The van der Waals surface area contributed by atoms with Crippen LogP contribution < -0.4 is 26.2 Å². The normalized spacial score (nSPS) is 13.6. The summed E-state index contributed by atoms with van der Waals surface area (Å²) in [6.07, 6.45) is 0. The van der Waals surface area contributed by atoms with Gasteiger partial charge in [0.25, 0.3) is 6.71 Å². The largest absolute Gasteiger partial charge is 0.311 e. The summed E-state index contributed by atoms with van der Waals surface area (Å²) >= 11 is 0. The minimum atomic E-state index is -0.244. The van der Waals surface area contributed by atoms with Crippen LogP contribution in [0.1, 0.15) is 110 Å². The maximum atomic E-state index is 2.63. The molecular weight excluding hydrogens is 808 g/mol. The number of rotatable bonds is 6. The van der Waals surface area contributed by atoms with Gasteiger partial charge in [-0.15, -0.1) is 0 Å². The maximum absolute atomic E-state index is 2.63. The molecule has 67 heavy (non-hydrogen) atoms. The van der Waals surface area contributed by atoms with E-state index in [0.29, 0.717) is 0 Å². The summed E-state index contributed by atoms with van der Waals surface area (Å²) in [4.78, 5) is 5.24. The van der Waals surface area contributed by atoms with E-state index in [1.807, 2.05) is 0 Å². The van der Waals surface area contributed by atoms with E-state index < -0.39 is 0 Å². The van der Waals surface area contributed by atoms with Crippen molar-refractivity contribution < 1.29 is 0 Å². The Morgan fingerprint density at radius 2 is 0.746 bits per heavy atom. The van der Waals surface area contributed by atoms with Crippen molar-refractivity contribution in [2.45, 2.75) is 105 Å². The molecule has 0 fully saturated rings. The van der Waals surface area contributed by atoms with Crippen LogP contribution in [0.5, 0.6) is 0 Å². The van der Waals surface area contributed by atoms with Crippen molar-refractivity contribution in [3.05, 3.63) is 209 Å². The van der Waals surface area contributed by atoms with Gasteiger partial charge in [0.1, 0.15) is 0 Å². The first kappa shape index (κ1) is 44.3. The van der Waals surface area contributed by atoms with Gasteiger partial charge < -0.3 is 9.80 Å². The van der Waals surface area contributed by atoms with Gasteiger partial charge in [0.15, 0.2) is 0 Å². The molecule has 334 valence electrons. The molecular formula is C64H65BN2. The Morgan fingerprint density at radius 1 is 0.328 bits per heavy atom. The van der Waals surface area contributed by atoms with Crippen LogP contribution in [0.4, 0.5) is 34.1 Å². The number of benzene rings is 8. The highest BCUT2D eigenvalue weighted by Crippen LogP contribution is 2.50. The van der Waals surface area contributed by atoms with E-state index in [2.05, 4.69) is 269 Å². The van der Waals surface area contributed by atoms with Gasteiger partial charge in [-0.25, -0.2) is 0 Å². The Morgan fingerprint density at radius 3 is 1.22 bits per heavy atom. The number of fused-ring (bicyclic) bond motifs is 4. The number of aryl methyl sites for hydroxylation is 1. The first-order chi connectivity index (χ1) is 31.8. The third-order valence-corrected chi connectivity index (χ3v) is 14.7. The molecule has 0 saturated heterocycles.